The molecule has 1 atom stereocenters. The van der Waals surface area contributed by atoms with Crippen LogP contribution in [0.1, 0.15) is 17.5 Å². The number of rotatable bonds is 7. The number of allylic oxidation sites excluding steroid dienone is 1. The third-order valence-electron chi connectivity index (χ3n) is 3.53. The van der Waals surface area contributed by atoms with Crippen molar-refractivity contribution in [3.8, 4) is 17.6 Å². The van der Waals surface area contributed by atoms with Crippen LogP contribution in [0.25, 0.3) is 0 Å². The van der Waals surface area contributed by atoms with Crippen molar-refractivity contribution in [3.05, 3.63) is 78.1 Å². The molecule has 124 valence electrons. The van der Waals surface area contributed by atoms with Gasteiger partial charge in [0, 0.05) is 18.1 Å². The highest BCUT2D eigenvalue weighted by atomic mass is 19.1. The standard InChI is InChI=1S/C21H21FO2/c1-3-17(4-5-18-6-10-20(22)11-7-18)14-15-24-16-19-8-12-21(23-2)13-9-19/h3,6-13,17H,1,14-16H2,2H3/t17-/m1/s1. The molecule has 0 amide bonds. The summed E-state index contributed by atoms with van der Waals surface area (Å²) in [6, 6.07) is 14.0. The third kappa shape index (κ3) is 5.91. The van der Waals surface area contributed by atoms with E-state index in [1.165, 1.54) is 12.1 Å². The molecule has 0 aliphatic rings. The topological polar surface area (TPSA) is 18.5 Å². The Hall–Kier alpha value is -2.57. The van der Waals surface area contributed by atoms with Crippen molar-refractivity contribution >= 4 is 0 Å². The Kier molecular flexibility index (Phi) is 7.07. The first-order chi connectivity index (χ1) is 11.7. The zero-order valence-electron chi connectivity index (χ0n) is 13.8. The van der Waals surface area contributed by atoms with Gasteiger partial charge in [0.2, 0.25) is 0 Å². The normalized spacial score (nSPS) is 11.2. The van der Waals surface area contributed by atoms with Gasteiger partial charge in [-0.25, -0.2) is 4.39 Å². The molecule has 2 nitrogen and oxygen atoms in total. The van der Waals surface area contributed by atoms with Crippen LogP contribution >= 0.6 is 0 Å². The number of hydrogen-bond acceptors (Lipinski definition) is 2. The molecule has 0 heterocycles. The molecule has 0 N–H and O–H groups in total. The maximum Gasteiger partial charge on any atom is 0.123 e. The summed E-state index contributed by atoms with van der Waals surface area (Å²) in [7, 11) is 1.65. The van der Waals surface area contributed by atoms with E-state index in [0.29, 0.717) is 13.2 Å². The molecule has 24 heavy (non-hydrogen) atoms. The second-order valence-corrected chi connectivity index (χ2v) is 5.31. The summed E-state index contributed by atoms with van der Waals surface area (Å²) in [5, 5.41) is 0. The van der Waals surface area contributed by atoms with Gasteiger partial charge in [0.1, 0.15) is 11.6 Å². The maximum absolute atomic E-state index is 12.9. The Labute approximate surface area is 142 Å². The minimum Gasteiger partial charge on any atom is -0.497 e. The van der Waals surface area contributed by atoms with Crippen molar-refractivity contribution in [2.45, 2.75) is 13.0 Å². The first kappa shape index (κ1) is 17.8. The number of benzene rings is 2. The SMILES string of the molecule is C=C[C@H](C#Cc1ccc(F)cc1)CCOCc1ccc(OC)cc1. The van der Waals surface area contributed by atoms with E-state index in [1.807, 2.05) is 30.3 Å². The summed E-state index contributed by atoms with van der Waals surface area (Å²) in [5.41, 5.74) is 1.89. The van der Waals surface area contributed by atoms with E-state index in [2.05, 4.69) is 18.4 Å². The molecule has 0 aliphatic carbocycles. The highest BCUT2D eigenvalue weighted by molar-refractivity contribution is 5.35. The van der Waals surface area contributed by atoms with E-state index in [9.17, 15) is 4.39 Å². The third-order valence-corrected chi connectivity index (χ3v) is 3.53. The van der Waals surface area contributed by atoms with Crippen molar-refractivity contribution in [2.75, 3.05) is 13.7 Å². The number of methoxy groups -OCH3 is 1. The summed E-state index contributed by atoms with van der Waals surface area (Å²) in [6.45, 7) is 4.96. The van der Waals surface area contributed by atoms with E-state index in [0.717, 1.165) is 23.3 Å². The van der Waals surface area contributed by atoms with Crippen LogP contribution < -0.4 is 4.74 Å². The van der Waals surface area contributed by atoms with Gasteiger partial charge in [-0.2, -0.15) is 0 Å². The zero-order valence-corrected chi connectivity index (χ0v) is 13.8. The Morgan fingerprint density at radius 1 is 1.12 bits per heavy atom. The lowest BCUT2D eigenvalue weighted by Gasteiger charge is -2.07. The molecule has 0 saturated heterocycles. The quantitative estimate of drug-likeness (QED) is 0.421. The molecular formula is C21H21FO2. The highest BCUT2D eigenvalue weighted by Crippen LogP contribution is 2.12. The molecule has 2 aromatic carbocycles. The van der Waals surface area contributed by atoms with E-state index in [-0.39, 0.29) is 11.7 Å². The molecular weight excluding hydrogens is 303 g/mol. The minimum atomic E-state index is -0.257. The monoisotopic (exact) mass is 324 g/mol. The second-order valence-electron chi connectivity index (χ2n) is 5.31. The van der Waals surface area contributed by atoms with Crippen LogP contribution in [0.2, 0.25) is 0 Å². The molecule has 2 aromatic rings. The molecule has 0 bridgehead atoms. The lowest BCUT2D eigenvalue weighted by molar-refractivity contribution is 0.115. The molecule has 0 unspecified atom stereocenters. The highest BCUT2D eigenvalue weighted by Gasteiger charge is 2.01. The fourth-order valence-electron chi connectivity index (χ4n) is 2.08. The van der Waals surface area contributed by atoms with Crippen LogP contribution in [0.15, 0.2) is 61.2 Å². The van der Waals surface area contributed by atoms with Crippen LogP contribution in [-0.4, -0.2) is 13.7 Å². The lowest BCUT2D eigenvalue weighted by Crippen LogP contribution is -2.01. The Morgan fingerprint density at radius 2 is 1.83 bits per heavy atom. The predicted octanol–water partition coefficient (Wildman–Crippen LogP) is 4.59. The van der Waals surface area contributed by atoms with Gasteiger partial charge in [-0.1, -0.05) is 30.0 Å². The Morgan fingerprint density at radius 3 is 2.46 bits per heavy atom. The minimum absolute atomic E-state index is 0.0471. The van der Waals surface area contributed by atoms with Crippen LogP contribution in [0.4, 0.5) is 4.39 Å². The molecule has 2 rings (SSSR count). The number of ether oxygens (including phenoxy) is 2. The van der Waals surface area contributed by atoms with Gasteiger partial charge < -0.3 is 9.47 Å². The average Bonchev–Trinajstić information content (AvgIpc) is 2.63. The first-order valence-corrected chi connectivity index (χ1v) is 7.81. The van der Waals surface area contributed by atoms with Gasteiger partial charge >= 0.3 is 0 Å². The molecule has 0 aromatic heterocycles. The Bertz CT molecular complexity index is 693. The number of hydrogen-bond donors (Lipinski definition) is 0. The zero-order chi connectivity index (χ0) is 17.2. The second kappa shape index (κ2) is 9.54. The summed E-state index contributed by atoms with van der Waals surface area (Å²) in [6.07, 6.45) is 2.58. The van der Waals surface area contributed by atoms with E-state index in [1.54, 1.807) is 19.2 Å². The molecule has 0 spiro atoms. The fraction of sp³-hybridized carbons (Fsp3) is 0.238. The molecule has 0 aliphatic heterocycles. The smallest absolute Gasteiger partial charge is 0.123 e. The van der Waals surface area contributed by atoms with Gasteiger partial charge in [0.15, 0.2) is 0 Å². The van der Waals surface area contributed by atoms with Crippen LogP contribution in [0, 0.1) is 23.6 Å². The van der Waals surface area contributed by atoms with Crippen LogP contribution in [0.5, 0.6) is 5.75 Å². The van der Waals surface area contributed by atoms with Crippen molar-refractivity contribution < 1.29 is 13.9 Å². The maximum atomic E-state index is 12.9. The summed E-state index contributed by atoms with van der Waals surface area (Å²) in [5.74, 6) is 6.79. The van der Waals surface area contributed by atoms with Crippen molar-refractivity contribution in [1.82, 2.24) is 0 Å². The van der Waals surface area contributed by atoms with Crippen molar-refractivity contribution in [2.24, 2.45) is 5.92 Å². The number of halogens is 1. The van der Waals surface area contributed by atoms with Gasteiger partial charge in [0.05, 0.1) is 13.7 Å². The van der Waals surface area contributed by atoms with Gasteiger partial charge in [0.25, 0.3) is 0 Å². The predicted molar refractivity (Wildman–Crippen MR) is 94.2 cm³/mol. The summed E-state index contributed by atoms with van der Waals surface area (Å²) in [4.78, 5) is 0. The first-order valence-electron chi connectivity index (χ1n) is 7.81. The van der Waals surface area contributed by atoms with Crippen LogP contribution in [0.3, 0.4) is 0 Å². The van der Waals surface area contributed by atoms with Gasteiger partial charge in [-0.15, -0.1) is 6.58 Å². The summed E-state index contributed by atoms with van der Waals surface area (Å²) < 4.78 is 23.7. The average molecular weight is 324 g/mol. The fourth-order valence-corrected chi connectivity index (χ4v) is 2.08. The van der Waals surface area contributed by atoms with Gasteiger partial charge in [-0.05, 0) is 48.4 Å². The largest absolute Gasteiger partial charge is 0.497 e. The molecule has 0 fully saturated rings. The van der Waals surface area contributed by atoms with E-state index < -0.39 is 0 Å². The molecule has 0 radical (unpaired) electrons. The van der Waals surface area contributed by atoms with Gasteiger partial charge in [-0.3, -0.25) is 0 Å². The van der Waals surface area contributed by atoms with E-state index in [4.69, 9.17) is 9.47 Å². The van der Waals surface area contributed by atoms with Crippen molar-refractivity contribution in [1.29, 1.82) is 0 Å². The van der Waals surface area contributed by atoms with E-state index >= 15 is 0 Å². The molecule has 3 heteroatoms. The van der Waals surface area contributed by atoms with Crippen molar-refractivity contribution in [3.63, 3.8) is 0 Å². The Balaban J connectivity index is 1.77. The molecule has 0 saturated carbocycles. The lowest BCUT2D eigenvalue weighted by atomic mass is 10.1. The van der Waals surface area contributed by atoms with Crippen LogP contribution in [-0.2, 0) is 11.3 Å². The summed E-state index contributed by atoms with van der Waals surface area (Å²) >= 11 is 0.